The highest BCUT2D eigenvalue weighted by Crippen LogP contribution is 2.10. The number of aromatic nitrogens is 2. The van der Waals surface area contributed by atoms with Crippen LogP contribution in [0.15, 0.2) is 59.6 Å². The average Bonchev–Trinajstić information content (AvgIpc) is 3.09. The lowest BCUT2D eigenvalue weighted by Gasteiger charge is -2.22. The molecule has 0 atom stereocenters. The van der Waals surface area contributed by atoms with Gasteiger partial charge in [0.15, 0.2) is 5.96 Å². The number of likely N-dealkylation sites (N-methyl/N-ethyl adjacent to an activating group) is 1. The SMILES string of the molecule is CN=C(NCCc1nc2ccccc2[nH]1)N(C)CCOc1ccccc1.I. The van der Waals surface area contributed by atoms with Gasteiger partial charge in [-0.25, -0.2) is 4.98 Å². The van der Waals surface area contributed by atoms with Crippen molar-refractivity contribution in [1.29, 1.82) is 0 Å². The van der Waals surface area contributed by atoms with Crippen LogP contribution >= 0.6 is 24.0 Å². The number of hydrogen-bond donors (Lipinski definition) is 2. The summed E-state index contributed by atoms with van der Waals surface area (Å²) < 4.78 is 5.74. The molecule has 0 saturated carbocycles. The maximum Gasteiger partial charge on any atom is 0.193 e. The van der Waals surface area contributed by atoms with Crippen molar-refractivity contribution in [3.63, 3.8) is 0 Å². The summed E-state index contributed by atoms with van der Waals surface area (Å²) in [6, 6.07) is 17.9. The number of H-pyrrole nitrogens is 1. The van der Waals surface area contributed by atoms with Crippen molar-refractivity contribution in [3.8, 4) is 5.75 Å². The highest BCUT2D eigenvalue weighted by molar-refractivity contribution is 14.0. The number of aliphatic imine (C=N–C) groups is 1. The van der Waals surface area contributed by atoms with E-state index in [1.54, 1.807) is 7.05 Å². The average molecular weight is 479 g/mol. The molecule has 2 aromatic carbocycles. The van der Waals surface area contributed by atoms with E-state index in [1.165, 1.54) is 0 Å². The van der Waals surface area contributed by atoms with E-state index in [2.05, 4.69) is 25.2 Å². The summed E-state index contributed by atoms with van der Waals surface area (Å²) in [5.41, 5.74) is 2.07. The van der Waals surface area contributed by atoms with E-state index >= 15 is 0 Å². The fraction of sp³-hybridized carbons (Fsp3) is 0.300. The molecule has 0 unspecified atom stereocenters. The zero-order valence-corrected chi connectivity index (χ0v) is 18.0. The Bertz CT molecular complexity index is 817. The molecule has 1 aromatic heterocycles. The van der Waals surface area contributed by atoms with Gasteiger partial charge >= 0.3 is 0 Å². The molecule has 0 saturated heterocycles. The standard InChI is InChI=1S/C20H25N5O.HI/c1-21-20(25(2)14-15-26-16-8-4-3-5-9-16)22-13-12-19-23-17-10-6-7-11-18(17)24-19;/h3-11H,12-15H2,1-2H3,(H,21,22)(H,23,24);1H. The zero-order chi connectivity index (χ0) is 18.2. The number of halogens is 1. The van der Waals surface area contributed by atoms with Crippen molar-refractivity contribution in [3.05, 3.63) is 60.4 Å². The molecule has 144 valence electrons. The van der Waals surface area contributed by atoms with Gasteiger partial charge in [-0.3, -0.25) is 4.99 Å². The first kappa shape index (κ1) is 21.0. The molecule has 7 heteroatoms. The van der Waals surface area contributed by atoms with Gasteiger partial charge in [0.25, 0.3) is 0 Å². The second-order valence-corrected chi connectivity index (χ2v) is 6.01. The van der Waals surface area contributed by atoms with Gasteiger partial charge in [0.05, 0.1) is 17.6 Å². The molecule has 2 N–H and O–H groups in total. The number of benzene rings is 2. The molecule has 0 aliphatic rings. The highest BCUT2D eigenvalue weighted by atomic mass is 127. The number of aromatic amines is 1. The van der Waals surface area contributed by atoms with Crippen LogP contribution < -0.4 is 10.1 Å². The highest BCUT2D eigenvalue weighted by Gasteiger charge is 2.07. The molecule has 3 aromatic rings. The number of fused-ring (bicyclic) bond motifs is 1. The number of hydrogen-bond acceptors (Lipinski definition) is 3. The van der Waals surface area contributed by atoms with E-state index in [1.807, 2.05) is 61.6 Å². The molecular formula is C20H26IN5O. The number of imidazole rings is 1. The van der Waals surface area contributed by atoms with Crippen molar-refractivity contribution in [2.24, 2.45) is 4.99 Å². The number of guanidine groups is 1. The van der Waals surface area contributed by atoms with Crippen molar-refractivity contribution in [2.45, 2.75) is 6.42 Å². The zero-order valence-electron chi connectivity index (χ0n) is 15.7. The van der Waals surface area contributed by atoms with Gasteiger partial charge in [0, 0.05) is 27.1 Å². The first-order valence-electron chi connectivity index (χ1n) is 8.79. The number of para-hydroxylation sites is 3. The van der Waals surface area contributed by atoms with Crippen molar-refractivity contribution in [1.82, 2.24) is 20.2 Å². The van der Waals surface area contributed by atoms with Crippen LogP contribution in [-0.4, -0.2) is 54.6 Å². The van der Waals surface area contributed by atoms with Crippen LogP contribution in [0.4, 0.5) is 0 Å². The quantitative estimate of drug-likeness (QED) is 0.310. The molecule has 6 nitrogen and oxygen atoms in total. The van der Waals surface area contributed by atoms with Gasteiger partial charge < -0.3 is 19.9 Å². The number of nitrogens with zero attached hydrogens (tertiary/aromatic N) is 3. The largest absolute Gasteiger partial charge is 0.492 e. The molecule has 0 aliphatic heterocycles. The third-order valence-electron chi connectivity index (χ3n) is 4.10. The molecule has 0 amide bonds. The Morgan fingerprint density at radius 2 is 1.89 bits per heavy atom. The molecule has 0 aliphatic carbocycles. The van der Waals surface area contributed by atoms with Crippen LogP contribution in [0, 0.1) is 0 Å². The predicted octanol–water partition coefficient (Wildman–Crippen LogP) is 3.31. The molecular weight excluding hydrogens is 453 g/mol. The Morgan fingerprint density at radius 3 is 2.63 bits per heavy atom. The fourth-order valence-corrected chi connectivity index (χ4v) is 2.72. The minimum atomic E-state index is 0. The van der Waals surface area contributed by atoms with Crippen molar-refractivity contribution >= 4 is 41.0 Å². The van der Waals surface area contributed by atoms with Crippen LogP contribution in [0.1, 0.15) is 5.82 Å². The molecule has 0 radical (unpaired) electrons. The Labute approximate surface area is 177 Å². The van der Waals surface area contributed by atoms with E-state index in [-0.39, 0.29) is 24.0 Å². The summed E-state index contributed by atoms with van der Waals surface area (Å²) in [7, 11) is 3.79. The maximum absolute atomic E-state index is 5.74. The summed E-state index contributed by atoms with van der Waals surface area (Å²) in [5.74, 6) is 2.70. The molecule has 27 heavy (non-hydrogen) atoms. The molecule has 0 bridgehead atoms. The predicted molar refractivity (Wildman–Crippen MR) is 121 cm³/mol. The summed E-state index contributed by atoms with van der Waals surface area (Å²) in [6.07, 6.45) is 0.808. The van der Waals surface area contributed by atoms with Crippen LogP contribution in [0.25, 0.3) is 11.0 Å². The summed E-state index contributed by atoms with van der Waals surface area (Å²) in [4.78, 5) is 14.3. The lowest BCUT2D eigenvalue weighted by Crippen LogP contribution is -2.41. The van der Waals surface area contributed by atoms with Crippen molar-refractivity contribution in [2.75, 3.05) is 33.8 Å². The minimum absolute atomic E-state index is 0. The van der Waals surface area contributed by atoms with E-state index in [9.17, 15) is 0 Å². The summed E-state index contributed by atoms with van der Waals surface area (Å²) in [5, 5.41) is 3.37. The number of rotatable bonds is 7. The first-order valence-corrected chi connectivity index (χ1v) is 8.79. The third kappa shape index (κ3) is 6.13. The van der Waals surface area contributed by atoms with E-state index in [0.717, 1.165) is 48.1 Å². The maximum atomic E-state index is 5.74. The summed E-state index contributed by atoms with van der Waals surface area (Å²) >= 11 is 0. The second-order valence-electron chi connectivity index (χ2n) is 6.01. The third-order valence-corrected chi connectivity index (χ3v) is 4.10. The molecule has 3 rings (SSSR count). The van der Waals surface area contributed by atoms with Crippen LogP contribution in [0.5, 0.6) is 5.75 Å². The van der Waals surface area contributed by atoms with E-state index in [4.69, 9.17) is 4.74 Å². The van der Waals surface area contributed by atoms with Gasteiger partial charge in [-0.15, -0.1) is 24.0 Å². The van der Waals surface area contributed by atoms with Gasteiger partial charge in [-0.2, -0.15) is 0 Å². The van der Waals surface area contributed by atoms with Gasteiger partial charge in [0.1, 0.15) is 18.2 Å². The van der Waals surface area contributed by atoms with Crippen LogP contribution in [0.2, 0.25) is 0 Å². The smallest absolute Gasteiger partial charge is 0.193 e. The van der Waals surface area contributed by atoms with Crippen LogP contribution in [-0.2, 0) is 6.42 Å². The van der Waals surface area contributed by atoms with E-state index in [0.29, 0.717) is 6.61 Å². The minimum Gasteiger partial charge on any atom is -0.492 e. The monoisotopic (exact) mass is 479 g/mol. The van der Waals surface area contributed by atoms with Gasteiger partial charge in [-0.05, 0) is 24.3 Å². The normalized spacial score (nSPS) is 11.1. The number of nitrogens with one attached hydrogen (secondary N) is 2. The fourth-order valence-electron chi connectivity index (χ4n) is 2.72. The van der Waals surface area contributed by atoms with Crippen LogP contribution in [0.3, 0.4) is 0 Å². The lowest BCUT2D eigenvalue weighted by molar-refractivity contribution is 0.281. The second kappa shape index (κ2) is 10.8. The van der Waals surface area contributed by atoms with Gasteiger partial charge in [0.2, 0.25) is 0 Å². The Hall–Kier alpha value is -2.29. The van der Waals surface area contributed by atoms with Gasteiger partial charge in [-0.1, -0.05) is 30.3 Å². The Balaban J connectivity index is 0.00000261. The number of ether oxygens (including phenoxy) is 1. The molecule has 0 fully saturated rings. The summed E-state index contributed by atoms with van der Waals surface area (Å²) in [6.45, 7) is 2.11. The van der Waals surface area contributed by atoms with E-state index < -0.39 is 0 Å². The molecule has 1 heterocycles. The first-order chi connectivity index (χ1) is 12.8. The van der Waals surface area contributed by atoms with Crippen molar-refractivity contribution < 1.29 is 4.74 Å². The molecule has 0 spiro atoms. The Morgan fingerprint density at radius 1 is 1.15 bits per heavy atom. The topological polar surface area (TPSA) is 65.5 Å². The lowest BCUT2D eigenvalue weighted by atomic mass is 10.3. The Kier molecular flexibility index (Phi) is 8.38.